The van der Waals surface area contributed by atoms with Crippen molar-refractivity contribution >= 4 is 5.91 Å². The molecule has 0 aromatic carbocycles. The number of hydrogen-bond acceptors (Lipinski definition) is 4. The Balaban J connectivity index is 2.68. The van der Waals surface area contributed by atoms with E-state index in [1.54, 1.807) is 32.2 Å². The van der Waals surface area contributed by atoms with Gasteiger partial charge in [0.05, 0.1) is 17.2 Å². The van der Waals surface area contributed by atoms with Crippen LogP contribution >= 0.6 is 0 Å². The maximum absolute atomic E-state index is 11.8. The highest BCUT2D eigenvalue weighted by atomic mass is 16.1. The molecular formula is C12H16N4O. The van der Waals surface area contributed by atoms with E-state index in [1.807, 2.05) is 0 Å². The molecule has 0 unspecified atom stereocenters. The first-order chi connectivity index (χ1) is 7.98. The van der Waals surface area contributed by atoms with E-state index in [9.17, 15) is 4.79 Å². The van der Waals surface area contributed by atoms with Crippen molar-refractivity contribution in [3.8, 4) is 6.07 Å². The van der Waals surface area contributed by atoms with Crippen LogP contribution < -0.4 is 11.1 Å². The van der Waals surface area contributed by atoms with Crippen molar-refractivity contribution in [1.29, 1.82) is 5.26 Å². The predicted octanol–water partition coefficient (Wildman–Crippen LogP) is 0.820. The first-order valence-electron chi connectivity index (χ1n) is 5.33. The summed E-state index contributed by atoms with van der Waals surface area (Å²) in [6, 6.07) is 5.39. The number of carbonyl (C=O) groups is 1. The smallest absolute Gasteiger partial charge is 0.251 e. The first-order valence-corrected chi connectivity index (χ1v) is 5.33. The lowest BCUT2D eigenvalue weighted by Gasteiger charge is -2.15. The van der Waals surface area contributed by atoms with Gasteiger partial charge in [-0.3, -0.25) is 9.78 Å². The van der Waals surface area contributed by atoms with Gasteiger partial charge in [0.15, 0.2) is 0 Å². The summed E-state index contributed by atoms with van der Waals surface area (Å²) in [7, 11) is 0. The van der Waals surface area contributed by atoms with E-state index < -0.39 is 5.41 Å². The topological polar surface area (TPSA) is 91.8 Å². The number of carbonyl (C=O) groups excluding carboxylic acids is 1. The summed E-state index contributed by atoms with van der Waals surface area (Å²) in [6.45, 7) is 4.14. The Morgan fingerprint density at radius 1 is 1.65 bits per heavy atom. The van der Waals surface area contributed by atoms with Gasteiger partial charge in [-0.2, -0.15) is 5.26 Å². The fourth-order valence-electron chi connectivity index (χ4n) is 1.17. The number of nitrogens with two attached hydrogens (primary N) is 1. The van der Waals surface area contributed by atoms with Gasteiger partial charge in [-0.05, 0) is 26.0 Å². The molecule has 0 saturated heterocycles. The van der Waals surface area contributed by atoms with Crippen LogP contribution in [-0.4, -0.2) is 17.4 Å². The van der Waals surface area contributed by atoms with Crippen LogP contribution in [0.5, 0.6) is 0 Å². The van der Waals surface area contributed by atoms with E-state index in [4.69, 9.17) is 11.0 Å². The van der Waals surface area contributed by atoms with Crippen molar-refractivity contribution in [2.45, 2.75) is 20.4 Å². The number of nitrogens with zero attached hydrogens (tertiary/aromatic N) is 2. The van der Waals surface area contributed by atoms with Crippen LogP contribution in [0.25, 0.3) is 0 Å². The quantitative estimate of drug-likeness (QED) is 0.803. The third kappa shape index (κ3) is 3.85. The molecule has 0 radical (unpaired) electrons. The lowest BCUT2D eigenvalue weighted by molar-refractivity contribution is 0.0943. The van der Waals surface area contributed by atoms with Gasteiger partial charge < -0.3 is 11.1 Å². The van der Waals surface area contributed by atoms with Crippen molar-refractivity contribution in [1.82, 2.24) is 10.3 Å². The highest BCUT2D eigenvalue weighted by molar-refractivity contribution is 5.94. The molecule has 0 aliphatic heterocycles. The van der Waals surface area contributed by atoms with E-state index in [0.717, 1.165) is 0 Å². The number of amides is 1. The molecule has 0 bridgehead atoms. The average Bonchev–Trinajstić information content (AvgIpc) is 2.36. The molecule has 5 heteroatoms. The summed E-state index contributed by atoms with van der Waals surface area (Å²) in [6.07, 6.45) is 1.55. The number of hydrogen-bond donors (Lipinski definition) is 2. The molecule has 0 saturated carbocycles. The molecule has 0 atom stereocenters. The Morgan fingerprint density at radius 2 is 2.35 bits per heavy atom. The average molecular weight is 232 g/mol. The maximum Gasteiger partial charge on any atom is 0.251 e. The second kappa shape index (κ2) is 5.41. The first kappa shape index (κ1) is 13.1. The summed E-state index contributed by atoms with van der Waals surface area (Å²) in [5.74, 6) is -0.217. The lowest BCUT2D eigenvalue weighted by atomic mass is 9.96. The van der Waals surface area contributed by atoms with Gasteiger partial charge in [-0.25, -0.2) is 0 Å². The molecule has 0 spiro atoms. The lowest BCUT2D eigenvalue weighted by Crippen LogP contribution is -2.33. The van der Waals surface area contributed by atoms with Gasteiger partial charge in [0.25, 0.3) is 5.91 Å². The van der Waals surface area contributed by atoms with E-state index in [2.05, 4.69) is 16.4 Å². The Bertz CT molecular complexity index is 448. The summed E-state index contributed by atoms with van der Waals surface area (Å²) < 4.78 is 0. The largest absolute Gasteiger partial charge is 0.350 e. The van der Waals surface area contributed by atoms with Crippen LogP contribution in [0, 0.1) is 16.7 Å². The standard InChI is InChI=1S/C12H16N4O/c1-12(2,7-14)8-16-11(17)9-3-4-15-10(5-9)6-13/h3-5H,6,8,13H2,1-2H3,(H,16,17). The summed E-state index contributed by atoms with van der Waals surface area (Å²) in [5.41, 5.74) is 6.05. The molecule has 0 aliphatic rings. The molecule has 17 heavy (non-hydrogen) atoms. The zero-order chi connectivity index (χ0) is 12.9. The van der Waals surface area contributed by atoms with Gasteiger partial charge in [-0.15, -0.1) is 0 Å². The van der Waals surface area contributed by atoms with Crippen molar-refractivity contribution in [2.75, 3.05) is 6.54 Å². The zero-order valence-corrected chi connectivity index (χ0v) is 10.0. The van der Waals surface area contributed by atoms with Crippen molar-refractivity contribution in [2.24, 2.45) is 11.1 Å². The second-order valence-corrected chi connectivity index (χ2v) is 4.42. The van der Waals surface area contributed by atoms with Gasteiger partial charge in [0.2, 0.25) is 0 Å². The van der Waals surface area contributed by atoms with Crippen molar-refractivity contribution in [3.05, 3.63) is 29.6 Å². The number of pyridine rings is 1. The van der Waals surface area contributed by atoms with Crippen LogP contribution in [-0.2, 0) is 6.54 Å². The Hall–Kier alpha value is -1.93. The van der Waals surface area contributed by atoms with Gasteiger partial charge in [0.1, 0.15) is 0 Å². The summed E-state index contributed by atoms with van der Waals surface area (Å²) in [5, 5.41) is 11.5. The monoisotopic (exact) mass is 232 g/mol. The normalized spacial score (nSPS) is 10.7. The van der Waals surface area contributed by atoms with E-state index in [1.165, 1.54) is 0 Å². The molecule has 1 aromatic heterocycles. The molecule has 1 heterocycles. The zero-order valence-electron chi connectivity index (χ0n) is 10.0. The van der Waals surface area contributed by atoms with Crippen LogP contribution in [0.1, 0.15) is 29.9 Å². The van der Waals surface area contributed by atoms with E-state index in [0.29, 0.717) is 24.3 Å². The second-order valence-electron chi connectivity index (χ2n) is 4.42. The third-order valence-corrected chi connectivity index (χ3v) is 2.28. The molecule has 5 nitrogen and oxygen atoms in total. The molecule has 3 N–H and O–H groups in total. The van der Waals surface area contributed by atoms with E-state index in [-0.39, 0.29) is 5.91 Å². The maximum atomic E-state index is 11.8. The number of rotatable bonds is 4. The molecule has 90 valence electrons. The highest BCUT2D eigenvalue weighted by Crippen LogP contribution is 2.11. The number of nitrogens with one attached hydrogen (secondary N) is 1. The predicted molar refractivity (Wildman–Crippen MR) is 63.9 cm³/mol. The Morgan fingerprint density at radius 3 is 2.94 bits per heavy atom. The number of aromatic nitrogens is 1. The van der Waals surface area contributed by atoms with Gasteiger partial charge >= 0.3 is 0 Å². The van der Waals surface area contributed by atoms with Gasteiger partial charge in [0, 0.05) is 24.8 Å². The minimum absolute atomic E-state index is 0.217. The highest BCUT2D eigenvalue weighted by Gasteiger charge is 2.18. The minimum Gasteiger partial charge on any atom is -0.350 e. The van der Waals surface area contributed by atoms with Crippen LogP contribution in [0.15, 0.2) is 18.3 Å². The van der Waals surface area contributed by atoms with Crippen molar-refractivity contribution < 1.29 is 4.79 Å². The Kier molecular flexibility index (Phi) is 4.18. The molecule has 1 aromatic rings. The summed E-state index contributed by atoms with van der Waals surface area (Å²) >= 11 is 0. The van der Waals surface area contributed by atoms with Crippen LogP contribution in [0.4, 0.5) is 0 Å². The van der Waals surface area contributed by atoms with E-state index >= 15 is 0 Å². The molecule has 1 rings (SSSR count). The van der Waals surface area contributed by atoms with Gasteiger partial charge in [-0.1, -0.05) is 0 Å². The molecule has 0 fully saturated rings. The Labute approximate surface area is 101 Å². The fraction of sp³-hybridized carbons (Fsp3) is 0.417. The molecular weight excluding hydrogens is 216 g/mol. The van der Waals surface area contributed by atoms with Crippen molar-refractivity contribution in [3.63, 3.8) is 0 Å². The fourth-order valence-corrected chi connectivity index (χ4v) is 1.17. The van der Waals surface area contributed by atoms with Crippen LogP contribution in [0.3, 0.4) is 0 Å². The minimum atomic E-state index is -0.570. The molecule has 1 amide bonds. The number of nitriles is 1. The third-order valence-electron chi connectivity index (χ3n) is 2.28. The SMILES string of the molecule is CC(C)(C#N)CNC(=O)c1ccnc(CN)c1. The molecule has 0 aliphatic carbocycles. The summed E-state index contributed by atoms with van der Waals surface area (Å²) in [4.78, 5) is 15.8. The van der Waals surface area contributed by atoms with Crippen LogP contribution in [0.2, 0.25) is 0 Å².